The van der Waals surface area contributed by atoms with Crippen molar-refractivity contribution in [3.8, 4) is 0 Å². The van der Waals surface area contributed by atoms with Crippen LogP contribution in [-0.4, -0.2) is 39.2 Å². The number of likely N-dealkylation sites (tertiary alicyclic amines) is 1. The molecule has 1 aromatic heterocycles. The van der Waals surface area contributed by atoms with Gasteiger partial charge in [-0.2, -0.15) is 0 Å². The molecule has 2 aliphatic rings. The van der Waals surface area contributed by atoms with Gasteiger partial charge in [0.1, 0.15) is 6.54 Å². The summed E-state index contributed by atoms with van der Waals surface area (Å²) in [6, 6.07) is 8.16. The Morgan fingerprint density at radius 1 is 1.29 bits per heavy atom. The minimum absolute atomic E-state index is 0.156. The van der Waals surface area contributed by atoms with E-state index in [0.717, 1.165) is 41.1 Å². The van der Waals surface area contributed by atoms with Crippen LogP contribution in [0.1, 0.15) is 32.1 Å². The van der Waals surface area contributed by atoms with Crippen molar-refractivity contribution < 1.29 is 9.90 Å². The summed E-state index contributed by atoms with van der Waals surface area (Å²) in [5, 5.41) is 11.9. The van der Waals surface area contributed by atoms with E-state index in [1.807, 2.05) is 33.9 Å². The molecule has 0 bridgehead atoms. The van der Waals surface area contributed by atoms with E-state index < -0.39 is 5.60 Å². The number of nitrogens with zero attached hydrogens (tertiary/aromatic N) is 2. The predicted octanol–water partition coefficient (Wildman–Crippen LogP) is 3.56. The van der Waals surface area contributed by atoms with Crippen LogP contribution in [0, 0.1) is 5.92 Å². The Morgan fingerprint density at radius 3 is 3.04 bits per heavy atom. The van der Waals surface area contributed by atoms with E-state index in [0.29, 0.717) is 19.6 Å². The van der Waals surface area contributed by atoms with Gasteiger partial charge >= 0.3 is 0 Å². The number of piperidine rings is 1. The summed E-state index contributed by atoms with van der Waals surface area (Å²) in [5.41, 5.74) is 0.555. The Kier molecular flexibility index (Phi) is 4.17. The molecule has 24 heavy (non-hydrogen) atoms. The zero-order valence-electron chi connectivity index (χ0n) is 13.7. The van der Waals surface area contributed by atoms with E-state index in [9.17, 15) is 9.90 Å². The maximum absolute atomic E-state index is 12.8. The number of halogens is 1. The van der Waals surface area contributed by atoms with Crippen molar-refractivity contribution in [1.29, 1.82) is 0 Å². The zero-order valence-corrected chi connectivity index (χ0v) is 15.3. The van der Waals surface area contributed by atoms with Gasteiger partial charge in [0.15, 0.2) is 0 Å². The molecule has 0 spiro atoms. The first-order valence-electron chi connectivity index (χ1n) is 8.80. The average molecular weight is 391 g/mol. The Balaban J connectivity index is 1.48. The smallest absolute Gasteiger partial charge is 0.242 e. The normalized spacial score (nSPS) is 27.2. The van der Waals surface area contributed by atoms with Gasteiger partial charge in [0.05, 0.1) is 5.60 Å². The highest BCUT2D eigenvalue weighted by atomic mass is 79.9. The minimum Gasteiger partial charge on any atom is -0.389 e. The van der Waals surface area contributed by atoms with Crippen molar-refractivity contribution >= 4 is 32.7 Å². The van der Waals surface area contributed by atoms with Gasteiger partial charge in [0, 0.05) is 40.6 Å². The maximum atomic E-state index is 12.8. The van der Waals surface area contributed by atoms with Gasteiger partial charge in [-0.25, -0.2) is 0 Å². The molecular formula is C19H23BrN2O2. The number of carbonyl (C=O) groups excluding carboxylic acids is 1. The summed E-state index contributed by atoms with van der Waals surface area (Å²) in [6.07, 6.45) is 6.94. The lowest BCUT2D eigenvalue weighted by Crippen LogP contribution is -2.55. The molecule has 2 fully saturated rings. The predicted molar refractivity (Wildman–Crippen MR) is 97.7 cm³/mol. The largest absolute Gasteiger partial charge is 0.389 e. The standard InChI is InChI=1S/C19H23BrN2O2/c20-16-4-5-17-14(11-16)6-9-21(17)13-18(23)22-10-8-19(24)7-2-1-3-15(19)12-22/h4-6,9,11,15,24H,1-3,7-8,10,12-13H2/t15-,19+/m0/s1. The molecule has 1 N–H and O–H groups in total. The number of rotatable bonds is 2. The van der Waals surface area contributed by atoms with Crippen LogP contribution >= 0.6 is 15.9 Å². The highest BCUT2D eigenvalue weighted by Gasteiger charge is 2.43. The van der Waals surface area contributed by atoms with E-state index in [2.05, 4.69) is 22.0 Å². The average Bonchev–Trinajstić information content (AvgIpc) is 2.95. The summed E-state index contributed by atoms with van der Waals surface area (Å²) >= 11 is 3.48. The quantitative estimate of drug-likeness (QED) is 0.851. The van der Waals surface area contributed by atoms with Crippen molar-refractivity contribution in [2.75, 3.05) is 13.1 Å². The van der Waals surface area contributed by atoms with E-state index >= 15 is 0 Å². The molecule has 128 valence electrons. The lowest BCUT2D eigenvalue weighted by molar-refractivity contribution is -0.143. The lowest BCUT2D eigenvalue weighted by Gasteiger charge is -2.47. The second-order valence-corrected chi connectivity index (χ2v) is 8.20. The number of aliphatic hydroxyl groups is 1. The van der Waals surface area contributed by atoms with Gasteiger partial charge in [0.25, 0.3) is 0 Å². The van der Waals surface area contributed by atoms with Crippen LogP contribution in [0.2, 0.25) is 0 Å². The molecule has 1 aliphatic heterocycles. The number of hydrogen-bond acceptors (Lipinski definition) is 2. The topological polar surface area (TPSA) is 45.5 Å². The monoisotopic (exact) mass is 390 g/mol. The SMILES string of the molecule is O=C(Cn1ccc2cc(Br)ccc21)N1CC[C@]2(O)CCCC[C@H]2C1. The third-order valence-corrected chi connectivity index (χ3v) is 6.31. The molecule has 0 unspecified atom stereocenters. The van der Waals surface area contributed by atoms with Crippen molar-refractivity contribution in [3.63, 3.8) is 0 Å². The van der Waals surface area contributed by atoms with Gasteiger partial charge in [-0.05, 0) is 43.5 Å². The van der Waals surface area contributed by atoms with Crippen LogP contribution < -0.4 is 0 Å². The number of carbonyl (C=O) groups is 1. The van der Waals surface area contributed by atoms with Gasteiger partial charge in [-0.3, -0.25) is 4.79 Å². The lowest BCUT2D eigenvalue weighted by atomic mass is 9.71. The number of aromatic nitrogens is 1. The van der Waals surface area contributed by atoms with E-state index in [-0.39, 0.29) is 11.8 Å². The number of amides is 1. The summed E-state index contributed by atoms with van der Waals surface area (Å²) < 4.78 is 3.07. The highest BCUT2D eigenvalue weighted by molar-refractivity contribution is 9.10. The van der Waals surface area contributed by atoms with Crippen molar-refractivity contribution in [2.24, 2.45) is 5.92 Å². The van der Waals surface area contributed by atoms with Crippen LogP contribution in [0.5, 0.6) is 0 Å². The summed E-state index contributed by atoms with van der Waals surface area (Å²) in [5.74, 6) is 0.407. The van der Waals surface area contributed by atoms with Gasteiger partial charge in [-0.1, -0.05) is 28.8 Å². The van der Waals surface area contributed by atoms with E-state index in [1.165, 1.54) is 6.42 Å². The first kappa shape index (κ1) is 16.2. The molecule has 0 radical (unpaired) electrons. The van der Waals surface area contributed by atoms with Crippen molar-refractivity contribution in [3.05, 3.63) is 34.9 Å². The van der Waals surface area contributed by atoms with Crippen LogP contribution in [0.4, 0.5) is 0 Å². The molecular weight excluding hydrogens is 368 g/mol. The van der Waals surface area contributed by atoms with E-state index in [1.54, 1.807) is 0 Å². The zero-order chi connectivity index (χ0) is 16.7. The van der Waals surface area contributed by atoms with E-state index in [4.69, 9.17) is 0 Å². The van der Waals surface area contributed by atoms with Gasteiger partial charge < -0.3 is 14.6 Å². The first-order chi connectivity index (χ1) is 11.5. The highest BCUT2D eigenvalue weighted by Crippen LogP contribution is 2.39. The molecule has 4 rings (SSSR count). The summed E-state index contributed by atoms with van der Waals surface area (Å²) in [7, 11) is 0. The van der Waals surface area contributed by atoms with Crippen molar-refractivity contribution in [2.45, 2.75) is 44.2 Å². The maximum Gasteiger partial charge on any atom is 0.242 e. The summed E-state index contributed by atoms with van der Waals surface area (Å²) in [6.45, 7) is 1.76. The Bertz CT molecular complexity index is 772. The molecule has 2 atom stereocenters. The summed E-state index contributed by atoms with van der Waals surface area (Å²) in [4.78, 5) is 14.7. The second kappa shape index (κ2) is 6.19. The Labute approximate surface area is 150 Å². The molecule has 1 saturated carbocycles. The second-order valence-electron chi connectivity index (χ2n) is 7.28. The molecule has 1 aliphatic carbocycles. The number of hydrogen-bond donors (Lipinski definition) is 1. The number of fused-ring (bicyclic) bond motifs is 2. The molecule has 1 saturated heterocycles. The van der Waals surface area contributed by atoms with Crippen LogP contribution in [0.3, 0.4) is 0 Å². The Morgan fingerprint density at radius 2 is 2.17 bits per heavy atom. The molecule has 2 aromatic rings. The Hall–Kier alpha value is -1.33. The minimum atomic E-state index is -0.526. The molecule has 1 aromatic carbocycles. The van der Waals surface area contributed by atoms with Crippen LogP contribution in [0.15, 0.2) is 34.9 Å². The molecule has 4 nitrogen and oxygen atoms in total. The molecule has 5 heteroatoms. The third-order valence-electron chi connectivity index (χ3n) is 5.82. The fraction of sp³-hybridized carbons (Fsp3) is 0.526. The third kappa shape index (κ3) is 2.88. The fourth-order valence-corrected chi connectivity index (χ4v) is 4.73. The van der Waals surface area contributed by atoms with Crippen molar-refractivity contribution in [1.82, 2.24) is 9.47 Å². The van der Waals surface area contributed by atoms with Crippen LogP contribution in [-0.2, 0) is 11.3 Å². The fourth-order valence-electron chi connectivity index (χ4n) is 4.35. The van der Waals surface area contributed by atoms with Crippen LogP contribution in [0.25, 0.3) is 10.9 Å². The first-order valence-corrected chi connectivity index (χ1v) is 9.59. The van der Waals surface area contributed by atoms with Gasteiger partial charge in [-0.15, -0.1) is 0 Å². The van der Waals surface area contributed by atoms with Gasteiger partial charge in [0.2, 0.25) is 5.91 Å². The molecule has 2 heterocycles. The number of benzene rings is 1. The molecule has 1 amide bonds.